The zero-order valence-corrected chi connectivity index (χ0v) is 17.0. The minimum absolute atomic E-state index is 0.112. The summed E-state index contributed by atoms with van der Waals surface area (Å²) >= 11 is 4.84. The van der Waals surface area contributed by atoms with Crippen LogP contribution in [0, 0.1) is 0 Å². The van der Waals surface area contributed by atoms with Crippen molar-refractivity contribution in [2.75, 3.05) is 11.9 Å². The molecule has 1 aromatic heterocycles. The summed E-state index contributed by atoms with van der Waals surface area (Å²) in [6.45, 7) is -0.112. The Balaban J connectivity index is 1.48. The quantitative estimate of drug-likeness (QED) is 0.393. The zero-order valence-electron chi connectivity index (χ0n) is 14.6. The van der Waals surface area contributed by atoms with Gasteiger partial charge < -0.3 is 15.2 Å². The number of rotatable bonds is 5. The number of thiazole rings is 1. The lowest BCUT2D eigenvalue weighted by Crippen LogP contribution is -2.20. The number of hydrogen-bond acceptors (Lipinski definition) is 5. The van der Waals surface area contributed by atoms with E-state index in [-0.39, 0.29) is 18.3 Å². The number of amides is 1. The van der Waals surface area contributed by atoms with Crippen LogP contribution in [0.1, 0.15) is 0 Å². The van der Waals surface area contributed by atoms with Crippen LogP contribution in [0.4, 0.5) is 5.69 Å². The second-order valence-electron chi connectivity index (χ2n) is 6.01. The van der Waals surface area contributed by atoms with E-state index in [1.54, 1.807) is 30.3 Å². The van der Waals surface area contributed by atoms with E-state index >= 15 is 0 Å². The van der Waals surface area contributed by atoms with Crippen molar-refractivity contribution in [1.82, 2.24) is 4.98 Å². The molecule has 0 aliphatic carbocycles. The summed E-state index contributed by atoms with van der Waals surface area (Å²) in [7, 11) is 0. The molecule has 5 nitrogen and oxygen atoms in total. The summed E-state index contributed by atoms with van der Waals surface area (Å²) in [6, 6.07) is 19.9. The number of phenolic OH excluding ortho intramolecular Hbond substituents is 1. The molecule has 0 atom stereocenters. The molecule has 0 bridgehead atoms. The standard InChI is InChI=1S/C21H15BrN2O3S/c22-13-5-8-15(9-6-13)27-12-20(26)23-14-7-10-18(25)16(11-14)21-24-17-3-1-2-4-19(17)28-21/h1-11,25H,12H2,(H,23,26). The number of ether oxygens (including phenoxy) is 1. The fourth-order valence-corrected chi connectivity index (χ4v) is 3.90. The van der Waals surface area contributed by atoms with Gasteiger partial charge in [-0.2, -0.15) is 0 Å². The predicted octanol–water partition coefficient (Wildman–Crippen LogP) is 5.45. The highest BCUT2D eigenvalue weighted by atomic mass is 79.9. The number of aromatic hydroxyl groups is 1. The van der Waals surface area contributed by atoms with E-state index in [4.69, 9.17) is 4.74 Å². The first kappa shape index (κ1) is 18.5. The number of nitrogens with zero attached hydrogens (tertiary/aromatic N) is 1. The number of benzene rings is 3. The highest BCUT2D eigenvalue weighted by Crippen LogP contribution is 2.36. The highest BCUT2D eigenvalue weighted by Gasteiger charge is 2.12. The van der Waals surface area contributed by atoms with Crippen molar-refractivity contribution in [2.24, 2.45) is 0 Å². The molecule has 4 aromatic rings. The molecule has 0 unspecified atom stereocenters. The molecule has 1 heterocycles. The Morgan fingerprint density at radius 2 is 1.89 bits per heavy atom. The molecule has 0 fully saturated rings. The van der Waals surface area contributed by atoms with Gasteiger partial charge >= 0.3 is 0 Å². The topological polar surface area (TPSA) is 71.5 Å². The van der Waals surface area contributed by atoms with E-state index in [1.807, 2.05) is 36.4 Å². The summed E-state index contributed by atoms with van der Waals surface area (Å²) in [5.41, 5.74) is 2.02. The van der Waals surface area contributed by atoms with Crippen LogP contribution in [0.15, 0.2) is 71.2 Å². The van der Waals surface area contributed by atoms with E-state index in [0.717, 1.165) is 14.7 Å². The number of fused-ring (bicyclic) bond motifs is 1. The first-order valence-electron chi connectivity index (χ1n) is 8.46. The number of anilines is 1. The van der Waals surface area contributed by atoms with Gasteiger partial charge in [-0.1, -0.05) is 28.1 Å². The summed E-state index contributed by atoms with van der Waals surface area (Å²) in [6.07, 6.45) is 0. The van der Waals surface area contributed by atoms with E-state index in [9.17, 15) is 9.90 Å². The number of phenols is 1. The molecule has 140 valence electrons. The number of hydrogen-bond donors (Lipinski definition) is 2. The number of halogens is 1. The molecule has 3 aromatic carbocycles. The number of nitrogens with one attached hydrogen (secondary N) is 1. The molecular weight excluding hydrogens is 440 g/mol. The lowest BCUT2D eigenvalue weighted by molar-refractivity contribution is -0.118. The Kier molecular flexibility index (Phi) is 5.27. The average molecular weight is 455 g/mol. The van der Waals surface area contributed by atoms with Crippen LogP contribution < -0.4 is 10.1 Å². The molecule has 4 rings (SSSR count). The minimum Gasteiger partial charge on any atom is -0.507 e. The minimum atomic E-state index is -0.288. The highest BCUT2D eigenvalue weighted by molar-refractivity contribution is 9.10. The monoisotopic (exact) mass is 454 g/mol. The smallest absolute Gasteiger partial charge is 0.262 e. The molecule has 2 N–H and O–H groups in total. The number of para-hydroxylation sites is 1. The third-order valence-corrected chi connectivity index (χ3v) is 5.59. The number of aromatic nitrogens is 1. The Labute approximate surface area is 173 Å². The van der Waals surface area contributed by atoms with Crippen molar-refractivity contribution in [3.05, 3.63) is 71.2 Å². The molecule has 28 heavy (non-hydrogen) atoms. The normalized spacial score (nSPS) is 10.8. The van der Waals surface area contributed by atoms with Gasteiger partial charge in [-0.05, 0) is 54.6 Å². The summed E-state index contributed by atoms with van der Waals surface area (Å²) < 4.78 is 7.46. The van der Waals surface area contributed by atoms with E-state index < -0.39 is 0 Å². The van der Waals surface area contributed by atoms with Crippen LogP contribution in [0.25, 0.3) is 20.8 Å². The molecule has 0 aliphatic rings. The van der Waals surface area contributed by atoms with Gasteiger partial charge in [-0.25, -0.2) is 4.98 Å². The first-order valence-corrected chi connectivity index (χ1v) is 10.1. The second kappa shape index (κ2) is 8.00. The summed E-state index contributed by atoms with van der Waals surface area (Å²) in [4.78, 5) is 16.8. The van der Waals surface area contributed by atoms with Crippen LogP contribution >= 0.6 is 27.3 Å². The zero-order chi connectivity index (χ0) is 19.5. The maximum Gasteiger partial charge on any atom is 0.262 e. The Morgan fingerprint density at radius 1 is 1.11 bits per heavy atom. The number of carbonyl (C=O) groups excluding carboxylic acids is 1. The maximum atomic E-state index is 12.2. The fourth-order valence-electron chi connectivity index (χ4n) is 2.65. The Hall–Kier alpha value is -2.90. The SMILES string of the molecule is O=C(COc1ccc(Br)cc1)Nc1ccc(O)c(-c2nc3ccccc3s2)c1. The molecule has 0 saturated heterocycles. The second-order valence-corrected chi connectivity index (χ2v) is 7.96. The third kappa shape index (κ3) is 4.16. The molecule has 7 heteroatoms. The van der Waals surface area contributed by atoms with Crippen molar-refractivity contribution in [3.63, 3.8) is 0 Å². The lowest BCUT2D eigenvalue weighted by atomic mass is 10.2. The van der Waals surface area contributed by atoms with Gasteiger partial charge in [0.1, 0.15) is 16.5 Å². The lowest BCUT2D eigenvalue weighted by Gasteiger charge is -2.09. The third-order valence-electron chi connectivity index (χ3n) is 3.99. The molecule has 1 amide bonds. The Morgan fingerprint density at radius 3 is 2.68 bits per heavy atom. The average Bonchev–Trinajstić information content (AvgIpc) is 3.13. The van der Waals surface area contributed by atoms with Gasteiger partial charge in [-0.3, -0.25) is 4.79 Å². The predicted molar refractivity (Wildman–Crippen MR) is 115 cm³/mol. The molecule has 0 aliphatic heterocycles. The van der Waals surface area contributed by atoms with Crippen LogP contribution in [-0.4, -0.2) is 22.6 Å². The van der Waals surface area contributed by atoms with Crippen LogP contribution in [0.3, 0.4) is 0 Å². The fraction of sp³-hybridized carbons (Fsp3) is 0.0476. The van der Waals surface area contributed by atoms with E-state index in [0.29, 0.717) is 22.0 Å². The molecule has 0 saturated carbocycles. The Bertz CT molecular complexity index is 1110. The van der Waals surface area contributed by atoms with Crippen LogP contribution in [-0.2, 0) is 4.79 Å². The summed E-state index contributed by atoms with van der Waals surface area (Å²) in [5.74, 6) is 0.436. The summed E-state index contributed by atoms with van der Waals surface area (Å²) in [5, 5.41) is 13.7. The van der Waals surface area contributed by atoms with Crippen molar-refractivity contribution < 1.29 is 14.6 Å². The van der Waals surface area contributed by atoms with Gasteiger partial charge in [0.25, 0.3) is 5.91 Å². The van der Waals surface area contributed by atoms with Gasteiger partial charge in [0.15, 0.2) is 6.61 Å². The van der Waals surface area contributed by atoms with Gasteiger partial charge in [0.2, 0.25) is 0 Å². The first-order chi connectivity index (χ1) is 13.6. The van der Waals surface area contributed by atoms with Crippen LogP contribution in [0.5, 0.6) is 11.5 Å². The van der Waals surface area contributed by atoms with Crippen molar-refractivity contribution in [1.29, 1.82) is 0 Å². The van der Waals surface area contributed by atoms with E-state index in [1.165, 1.54) is 11.3 Å². The van der Waals surface area contributed by atoms with Gasteiger partial charge in [-0.15, -0.1) is 11.3 Å². The molecular formula is C21H15BrN2O3S. The largest absolute Gasteiger partial charge is 0.507 e. The van der Waals surface area contributed by atoms with Gasteiger partial charge in [0, 0.05) is 10.2 Å². The number of carbonyl (C=O) groups is 1. The van der Waals surface area contributed by atoms with Gasteiger partial charge in [0.05, 0.1) is 15.8 Å². The van der Waals surface area contributed by atoms with Crippen molar-refractivity contribution in [3.8, 4) is 22.1 Å². The van der Waals surface area contributed by atoms with Crippen LogP contribution in [0.2, 0.25) is 0 Å². The molecule has 0 spiro atoms. The molecule has 0 radical (unpaired) electrons. The maximum absolute atomic E-state index is 12.2. The van der Waals surface area contributed by atoms with E-state index in [2.05, 4.69) is 26.2 Å². The van der Waals surface area contributed by atoms with Crippen molar-refractivity contribution >= 4 is 49.1 Å². The van der Waals surface area contributed by atoms with Crippen molar-refractivity contribution in [2.45, 2.75) is 0 Å².